The SMILES string of the molecule is Cc1nccc(NCC2CCN(C)C2)n1. The third-order valence-corrected chi connectivity index (χ3v) is 2.84. The van der Waals surface area contributed by atoms with Crippen molar-refractivity contribution < 1.29 is 0 Å². The van der Waals surface area contributed by atoms with Gasteiger partial charge in [-0.05, 0) is 38.9 Å². The van der Waals surface area contributed by atoms with Gasteiger partial charge in [-0.1, -0.05) is 0 Å². The van der Waals surface area contributed by atoms with Crippen LogP contribution in [0.1, 0.15) is 12.2 Å². The number of nitrogens with zero attached hydrogens (tertiary/aromatic N) is 3. The molecule has 4 heteroatoms. The van der Waals surface area contributed by atoms with Gasteiger partial charge in [-0.25, -0.2) is 9.97 Å². The molecule has 1 saturated heterocycles. The Bertz CT molecular complexity index is 326. The van der Waals surface area contributed by atoms with Gasteiger partial charge in [0.05, 0.1) is 0 Å². The van der Waals surface area contributed by atoms with Crippen LogP contribution in [0.3, 0.4) is 0 Å². The molecule has 1 aromatic rings. The first-order valence-corrected chi connectivity index (χ1v) is 5.46. The quantitative estimate of drug-likeness (QED) is 0.805. The molecular weight excluding hydrogens is 188 g/mol. The fourth-order valence-electron chi connectivity index (χ4n) is 2.00. The van der Waals surface area contributed by atoms with E-state index < -0.39 is 0 Å². The Morgan fingerprint density at radius 3 is 3.13 bits per heavy atom. The second kappa shape index (κ2) is 4.57. The van der Waals surface area contributed by atoms with Crippen LogP contribution in [0.2, 0.25) is 0 Å². The Labute approximate surface area is 90.7 Å². The Balaban J connectivity index is 1.83. The van der Waals surface area contributed by atoms with Gasteiger partial charge in [0.25, 0.3) is 0 Å². The highest BCUT2D eigenvalue weighted by Gasteiger charge is 2.18. The van der Waals surface area contributed by atoms with E-state index in [2.05, 4.69) is 27.2 Å². The first-order chi connectivity index (χ1) is 7.24. The molecule has 0 radical (unpaired) electrons. The molecule has 0 bridgehead atoms. The van der Waals surface area contributed by atoms with Crippen LogP contribution < -0.4 is 5.32 Å². The van der Waals surface area contributed by atoms with Crippen molar-refractivity contribution in [1.82, 2.24) is 14.9 Å². The Hall–Kier alpha value is -1.16. The number of rotatable bonds is 3. The van der Waals surface area contributed by atoms with Crippen LogP contribution in [-0.4, -0.2) is 41.5 Å². The molecule has 1 fully saturated rings. The van der Waals surface area contributed by atoms with Crippen LogP contribution in [0.5, 0.6) is 0 Å². The number of likely N-dealkylation sites (tertiary alicyclic amines) is 1. The van der Waals surface area contributed by atoms with Gasteiger partial charge in [0.2, 0.25) is 0 Å². The molecule has 1 unspecified atom stereocenters. The van der Waals surface area contributed by atoms with Crippen molar-refractivity contribution in [2.45, 2.75) is 13.3 Å². The molecular formula is C11H18N4. The van der Waals surface area contributed by atoms with Gasteiger partial charge in [-0.2, -0.15) is 0 Å². The third-order valence-electron chi connectivity index (χ3n) is 2.84. The van der Waals surface area contributed by atoms with E-state index in [0.717, 1.165) is 24.1 Å². The molecule has 1 aliphatic rings. The summed E-state index contributed by atoms with van der Waals surface area (Å²) >= 11 is 0. The summed E-state index contributed by atoms with van der Waals surface area (Å²) in [4.78, 5) is 10.8. The van der Waals surface area contributed by atoms with E-state index in [1.54, 1.807) is 6.20 Å². The van der Waals surface area contributed by atoms with Crippen LogP contribution in [-0.2, 0) is 0 Å². The van der Waals surface area contributed by atoms with E-state index in [1.165, 1.54) is 19.5 Å². The summed E-state index contributed by atoms with van der Waals surface area (Å²) in [5.41, 5.74) is 0. The number of hydrogen-bond donors (Lipinski definition) is 1. The normalized spacial score (nSPS) is 21.9. The maximum atomic E-state index is 4.32. The van der Waals surface area contributed by atoms with Crippen LogP contribution in [0, 0.1) is 12.8 Å². The minimum atomic E-state index is 0.755. The minimum Gasteiger partial charge on any atom is -0.370 e. The number of aromatic nitrogens is 2. The minimum absolute atomic E-state index is 0.755. The van der Waals surface area contributed by atoms with E-state index in [-0.39, 0.29) is 0 Å². The average Bonchev–Trinajstić information content (AvgIpc) is 2.62. The van der Waals surface area contributed by atoms with Crippen molar-refractivity contribution in [3.8, 4) is 0 Å². The molecule has 82 valence electrons. The number of nitrogens with one attached hydrogen (secondary N) is 1. The molecule has 0 aliphatic carbocycles. The van der Waals surface area contributed by atoms with E-state index in [0.29, 0.717) is 0 Å². The highest BCUT2D eigenvalue weighted by atomic mass is 15.1. The molecule has 1 aromatic heterocycles. The lowest BCUT2D eigenvalue weighted by molar-refractivity contribution is 0.399. The molecule has 0 amide bonds. The van der Waals surface area contributed by atoms with Crippen molar-refractivity contribution in [3.05, 3.63) is 18.1 Å². The smallest absolute Gasteiger partial charge is 0.129 e. The van der Waals surface area contributed by atoms with Gasteiger partial charge < -0.3 is 10.2 Å². The van der Waals surface area contributed by atoms with Gasteiger partial charge in [0, 0.05) is 19.3 Å². The maximum Gasteiger partial charge on any atom is 0.129 e. The lowest BCUT2D eigenvalue weighted by Gasteiger charge is -2.12. The predicted octanol–water partition coefficient (Wildman–Crippen LogP) is 1.15. The van der Waals surface area contributed by atoms with Crippen LogP contribution in [0.15, 0.2) is 12.3 Å². The summed E-state index contributed by atoms with van der Waals surface area (Å²) < 4.78 is 0. The first kappa shape index (κ1) is 10.4. The highest BCUT2D eigenvalue weighted by Crippen LogP contribution is 2.14. The summed E-state index contributed by atoms with van der Waals surface area (Å²) in [6, 6.07) is 1.92. The first-order valence-electron chi connectivity index (χ1n) is 5.46. The fourth-order valence-corrected chi connectivity index (χ4v) is 2.00. The van der Waals surface area contributed by atoms with Gasteiger partial charge in [0.15, 0.2) is 0 Å². The van der Waals surface area contributed by atoms with Gasteiger partial charge in [-0.3, -0.25) is 0 Å². The Morgan fingerprint density at radius 1 is 1.60 bits per heavy atom. The molecule has 2 rings (SSSR count). The Kier molecular flexibility index (Phi) is 3.16. The van der Waals surface area contributed by atoms with Crippen LogP contribution in [0.25, 0.3) is 0 Å². The zero-order chi connectivity index (χ0) is 10.7. The third kappa shape index (κ3) is 2.89. The monoisotopic (exact) mass is 206 g/mol. The van der Waals surface area contributed by atoms with E-state index in [4.69, 9.17) is 0 Å². The summed E-state index contributed by atoms with van der Waals surface area (Å²) in [6.45, 7) is 5.33. The summed E-state index contributed by atoms with van der Waals surface area (Å²) in [7, 11) is 2.18. The summed E-state index contributed by atoms with van der Waals surface area (Å²) in [5, 5.41) is 3.37. The second-order valence-corrected chi connectivity index (χ2v) is 4.29. The predicted molar refractivity (Wildman–Crippen MR) is 60.9 cm³/mol. The van der Waals surface area contributed by atoms with Crippen molar-refractivity contribution >= 4 is 5.82 Å². The average molecular weight is 206 g/mol. The van der Waals surface area contributed by atoms with Gasteiger partial charge in [-0.15, -0.1) is 0 Å². The number of anilines is 1. The van der Waals surface area contributed by atoms with E-state index in [1.807, 2.05) is 13.0 Å². The molecule has 1 atom stereocenters. The van der Waals surface area contributed by atoms with Crippen LogP contribution in [0.4, 0.5) is 5.82 Å². The lowest BCUT2D eigenvalue weighted by Crippen LogP contribution is -2.19. The molecule has 1 aliphatic heterocycles. The molecule has 1 N–H and O–H groups in total. The number of aryl methyl sites for hydroxylation is 1. The van der Waals surface area contributed by atoms with Crippen molar-refractivity contribution in [2.24, 2.45) is 5.92 Å². The Morgan fingerprint density at radius 2 is 2.47 bits per heavy atom. The summed E-state index contributed by atoms with van der Waals surface area (Å²) in [5.74, 6) is 2.52. The van der Waals surface area contributed by atoms with Crippen molar-refractivity contribution in [2.75, 3.05) is 32.0 Å². The summed E-state index contributed by atoms with van der Waals surface area (Å²) in [6.07, 6.45) is 3.08. The van der Waals surface area contributed by atoms with Crippen molar-refractivity contribution in [1.29, 1.82) is 0 Å². The fraction of sp³-hybridized carbons (Fsp3) is 0.636. The highest BCUT2D eigenvalue weighted by molar-refractivity contribution is 5.32. The second-order valence-electron chi connectivity index (χ2n) is 4.29. The maximum absolute atomic E-state index is 4.32. The van der Waals surface area contributed by atoms with Crippen molar-refractivity contribution in [3.63, 3.8) is 0 Å². The zero-order valence-corrected chi connectivity index (χ0v) is 9.40. The van der Waals surface area contributed by atoms with Crippen LogP contribution >= 0.6 is 0 Å². The number of hydrogen-bond acceptors (Lipinski definition) is 4. The topological polar surface area (TPSA) is 41.1 Å². The largest absolute Gasteiger partial charge is 0.370 e. The lowest BCUT2D eigenvalue weighted by atomic mass is 10.1. The van der Waals surface area contributed by atoms with Gasteiger partial charge in [0.1, 0.15) is 11.6 Å². The van der Waals surface area contributed by atoms with E-state index >= 15 is 0 Å². The molecule has 0 spiro atoms. The molecule has 15 heavy (non-hydrogen) atoms. The standard InChI is InChI=1S/C11H18N4/c1-9-12-5-3-11(14-9)13-7-10-4-6-15(2)8-10/h3,5,10H,4,6-8H2,1-2H3,(H,12,13,14). The molecule has 0 aromatic carbocycles. The van der Waals surface area contributed by atoms with Gasteiger partial charge >= 0.3 is 0 Å². The zero-order valence-electron chi connectivity index (χ0n) is 9.40. The molecule has 4 nitrogen and oxygen atoms in total. The van der Waals surface area contributed by atoms with E-state index in [9.17, 15) is 0 Å². The molecule has 2 heterocycles. The molecule has 0 saturated carbocycles.